The topological polar surface area (TPSA) is 36.1 Å². The van der Waals surface area contributed by atoms with Gasteiger partial charge in [-0.2, -0.15) is 0 Å². The molecule has 1 aromatic heterocycles. The first-order valence-electron chi connectivity index (χ1n) is 8.50. The molecule has 0 saturated carbocycles. The van der Waals surface area contributed by atoms with Crippen molar-refractivity contribution in [1.29, 1.82) is 0 Å². The summed E-state index contributed by atoms with van der Waals surface area (Å²) in [7, 11) is 1.93. The molecule has 1 atom stereocenters. The van der Waals surface area contributed by atoms with Crippen LogP contribution in [0.5, 0.6) is 0 Å². The van der Waals surface area contributed by atoms with Gasteiger partial charge in [0.05, 0.1) is 6.04 Å². The summed E-state index contributed by atoms with van der Waals surface area (Å²) < 4.78 is 0. The second-order valence-electron chi connectivity index (χ2n) is 6.80. The van der Waals surface area contributed by atoms with E-state index in [4.69, 9.17) is 0 Å². The Kier molecular flexibility index (Phi) is 3.45. The SMILES string of the molecule is Cc1[nH]c2ccc(C(=O)N(C)[C@@H]3CCc4ccccc43)cc2c1C. The zero-order chi connectivity index (χ0) is 16.8. The molecule has 0 aliphatic heterocycles. The van der Waals surface area contributed by atoms with Crippen LogP contribution in [0.1, 0.15) is 45.2 Å². The lowest BCUT2D eigenvalue weighted by atomic mass is 10.0. The lowest BCUT2D eigenvalue weighted by Crippen LogP contribution is -2.30. The minimum atomic E-state index is 0.0943. The minimum absolute atomic E-state index is 0.0943. The number of benzene rings is 2. The van der Waals surface area contributed by atoms with Crippen LogP contribution in [-0.2, 0) is 6.42 Å². The van der Waals surface area contributed by atoms with Crippen molar-refractivity contribution in [2.45, 2.75) is 32.7 Å². The predicted molar refractivity (Wildman–Crippen MR) is 97.4 cm³/mol. The fourth-order valence-corrected chi connectivity index (χ4v) is 3.88. The fourth-order valence-electron chi connectivity index (χ4n) is 3.88. The van der Waals surface area contributed by atoms with Crippen molar-refractivity contribution in [2.75, 3.05) is 7.05 Å². The molecule has 1 aliphatic rings. The van der Waals surface area contributed by atoms with Crippen LogP contribution in [-0.4, -0.2) is 22.8 Å². The maximum atomic E-state index is 13.0. The number of amides is 1. The van der Waals surface area contributed by atoms with E-state index in [0.717, 1.165) is 35.0 Å². The Morgan fingerprint density at radius 3 is 2.79 bits per heavy atom. The van der Waals surface area contributed by atoms with E-state index in [-0.39, 0.29) is 11.9 Å². The molecule has 1 amide bonds. The third-order valence-electron chi connectivity index (χ3n) is 5.44. The highest BCUT2D eigenvalue weighted by Crippen LogP contribution is 2.35. The summed E-state index contributed by atoms with van der Waals surface area (Å²) in [5.41, 5.74) is 6.89. The molecule has 24 heavy (non-hydrogen) atoms. The number of nitrogens with one attached hydrogen (secondary N) is 1. The monoisotopic (exact) mass is 318 g/mol. The van der Waals surface area contributed by atoms with E-state index in [0.29, 0.717) is 0 Å². The van der Waals surface area contributed by atoms with Gasteiger partial charge in [-0.1, -0.05) is 24.3 Å². The molecular formula is C21H22N2O. The summed E-state index contributed by atoms with van der Waals surface area (Å²) in [5, 5.41) is 1.14. The number of fused-ring (bicyclic) bond motifs is 2. The highest BCUT2D eigenvalue weighted by atomic mass is 16.2. The van der Waals surface area contributed by atoms with Crippen molar-refractivity contribution < 1.29 is 4.79 Å². The number of hydrogen-bond donors (Lipinski definition) is 1. The molecule has 0 unspecified atom stereocenters. The molecule has 4 rings (SSSR count). The van der Waals surface area contributed by atoms with Crippen molar-refractivity contribution >= 4 is 16.8 Å². The molecule has 0 bridgehead atoms. The zero-order valence-corrected chi connectivity index (χ0v) is 14.4. The van der Waals surface area contributed by atoms with Gasteiger partial charge in [0.1, 0.15) is 0 Å². The molecular weight excluding hydrogens is 296 g/mol. The fraction of sp³-hybridized carbons (Fsp3) is 0.286. The van der Waals surface area contributed by atoms with Crippen LogP contribution in [0.15, 0.2) is 42.5 Å². The van der Waals surface area contributed by atoms with Crippen molar-refractivity contribution in [3.05, 3.63) is 70.4 Å². The summed E-state index contributed by atoms with van der Waals surface area (Å²) >= 11 is 0. The number of rotatable bonds is 2. The first-order valence-corrected chi connectivity index (χ1v) is 8.50. The molecule has 0 fully saturated rings. The summed E-state index contributed by atoms with van der Waals surface area (Å²) in [4.78, 5) is 18.3. The van der Waals surface area contributed by atoms with E-state index < -0.39 is 0 Å². The number of aryl methyl sites for hydroxylation is 3. The van der Waals surface area contributed by atoms with E-state index in [9.17, 15) is 4.79 Å². The van der Waals surface area contributed by atoms with Crippen LogP contribution in [0, 0.1) is 13.8 Å². The number of nitrogens with zero attached hydrogens (tertiary/aromatic N) is 1. The number of aromatic nitrogens is 1. The highest BCUT2D eigenvalue weighted by Gasteiger charge is 2.28. The normalized spacial score (nSPS) is 16.4. The van der Waals surface area contributed by atoms with E-state index >= 15 is 0 Å². The average Bonchev–Trinajstić information content (AvgIpc) is 3.15. The van der Waals surface area contributed by atoms with Gasteiger partial charge < -0.3 is 9.88 Å². The van der Waals surface area contributed by atoms with Crippen LogP contribution in [0.4, 0.5) is 0 Å². The van der Waals surface area contributed by atoms with E-state index in [1.165, 1.54) is 16.7 Å². The number of aromatic amines is 1. The zero-order valence-electron chi connectivity index (χ0n) is 14.4. The molecule has 0 saturated heterocycles. The van der Waals surface area contributed by atoms with E-state index in [2.05, 4.69) is 43.1 Å². The van der Waals surface area contributed by atoms with Crippen LogP contribution in [0.3, 0.4) is 0 Å². The Morgan fingerprint density at radius 1 is 1.17 bits per heavy atom. The van der Waals surface area contributed by atoms with Gasteiger partial charge in [0.2, 0.25) is 0 Å². The molecule has 1 N–H and O–H groups in total. The molecule has 2 aromatic carbocycles. The first kappa shape index (κ1) is 15.0. The van der Waals surface area contributed by atoms with Crippen LogP contribution in [0.2, 0.25) is 0 Å². The Balaban J connectivity index is 1.67. The van der Waals surface area contributed by atoms with E-state index in [1.54, 1.807) is 0 Å². The van der Waals surface area contributed by atoms with Gasteiger partial charge in [-0.05, 0) is 61.6 Å². The van der Waals surface area contributed by atoms with Crippen molar-refractivity contribution in [2.24, 2.45) is 0 Å². The van der Waals surface area contributed by atoms with Crippen molar-refractivity contribution in [3.63, 3.8) is 0 Å². The predicted octanol–water partition coefficient (Wildman–Crippen LogP) is 4.54. The summed E-state index contributed by atoms with van der Waals surface area (Å²) in [6.45, 7) is 4.16. The highest BCUT2D eigenvalue weighted by molar-refractivity contribution is 5.99. The maximum Gasteiger partial charge on any atom is 0.254 e. The number of carbonyl (C=O) groups is 1. The summed E-state index contributed by atoms with van der Waals surface area (Å²) in [6.07, 6.45) is 2.06. The van der Waals surface area contributed by atoms with Crippen LogP contribution < -0.4 is 0 Å². The molecule has 0 radical (unpaired) electrons. The molecule has 3 aromatic rings. The van der Waals surface area contributed by atoms with Gasteiger partial charge in [0, 0.05) is 29.2 Å². The van der Waals surface area contributed by atoms with E-state index in [1.807, 2.05) is 30.1 Å². The first-order chi connectivity index (χ1) is 11.6. The number of hydrogen-bond acceptors (Lipinski definition) is 1. The van der Waals surface area contributed by atoms with Gasteiger partial charge in [-0.3, -0.25) is 4.79 Å². The Morgan fingerprint density at radius 2 is 1.96 bits per heavy atom. The number of H-pyrrole nitrogens is 1. The second-order valence-corrected chi connectivity index (χ2v) is 6.80. The second kappa shape index (κ2) is 5.52. The molecule has 122 valence electrons. The largest absolute Gasteiger partial charge is 0.358 e. The Labute approximate surface area is 142 Å². The lowest BCUT2D eigenvalue weighted by Gasteiger charge is -2.25. The maximum absolute atomic E-state index is 13.0. The standard InChI is InChI=1S/C21H22N2O/c1-13-14(2)22-19-10-8-16(12-18(13)19)21(24)23(3)20-11-9-15-6-4-5-7-17(15)20/h4-8,10,12,20,22H,9,11H2,1-3H3/t20-/m1/s1. The van der Waals surface area contributed by atoms with Crippen LogP contribution in [0.25, 0.3) is 10.9 Å². The molecule has 1 heterocycles. The Bertz CT molecular complexity index is 938. The van der Waals surface area contributed by atoms with Crippen molar-refractivity contribution in [3.8, 4) is 0 Å². The molecule has 3 nitrogen and oxygen atoms in total. The summed E-state index contributed by atoms with van der Waals surface area (Å²) in [5.74, 6) is 0.0943. The molecule has 0 spiro atoms. The van der Waals surface area contributed by atoms with Crippen LogP contribution >= 0.6 is 0 Å². The molecule has 1 aliphatic carbocycles. The quantitative estimate of drug-likeness (QED) is 0.739. The Hall–Kier alpha value is -2.55. The minimum Gasteiger partial charge on any atom is -0.358 e. The smallest absolute Gasteiger partial charge is 0.254 e. The van der Waals surface area contributed by atoms with Gasteiger partial charge in [-0.25, -0.2) is 0 Å². The average molecular weight is 318 g/mol. The van der Waals surface area contributed by atoms with Gasteiger partial charge >= 0.3 is 0 Å². The third kappa shape index (κ3) is 2.23. The lowest BCUT2D eigenvalue weighted by molar-refractivity contribution is 0.0731. The molecule has 3 heteroatoms. The van der Waals surface area contributed by atoms with Gasteiger partial charge in [-0.15, -0.1) is 0 Å². The van der Waals surface area contributed by atoms with Gasteiger partial charge in [0.15, 0.2) is 0 Å². The number of carbonyl (C=O) groups excluding carboxylic acids is 1. The summed E-state index contributed by atoms with van der Waals surface area (Å²) in [6, 6.07) is 14.6. The third-order valence-corrected chi connectivity index (χ3v) is 5.44. The van der Waals surface area contributed by atoms with Crippen molar-refractivity contribution in [1.82, 2.24) is 9.88 Å². The van der Waals surface area contributed by atoms with Gasteiger partial charge in [0.25, 0.3) is 5.91 Å².